The van der Waals surface area contributed by atoms with Crippen LogP contribution in [0.3, 0.4) is 0 Å². The van der Waals surface area contributed by atoms with E-state index in [-0.39, 0.29) is 22.4 Å². The lowest BCUT2D eigenvalue weighted by molar-refractivity contribution is -0.157. The number of carbonyl (C=O) groups excluding carboxylic acids is 2. The molecule has 33 heavy (non-hydrogen) atoms. The predicted molar refractivity (Wildman–Crippen MR) is 120 cm³/mol. The van der Waals surface area contributed by atoms with Crippen molar-refractivity contribution in [3.8, 4) is 0 Å². The summed E-state index contributed by atoms with van der Waals surface area (Å²) in [4.78, 5) is 28.6. The number of ether oxygens (including phenoxy) is 1. The van der Waals surface area contributed by atoms with Crippen molar-refractivity contribution in [1.82, 2.24) is 9.80 Å². The third-order valence-electron chi connectivity index (χ3n) is 6.39. The van der Waals surface area contributed by atoms with Gasteiger partial charge in [-0.15, -0.1) is 4.40 Å². The van der Waals surface area contributed by atoms with Gasteiger partial charge in [0.25, 0.3) is 15.9 Å². The summed E-state index contributed by atoms with van der Waals surface area (Å²) in [5.74, 6) is -0.854. The molecule has 2 fully saturated rings. The standard InChI is InChI=1S/C21H27N3O7S2/c1-2-24(16-9-12-32(27,28)14-16)19(25)13-31-21(26)15-7-10-23(11-8-15)20-17-5-3-4-6-18(17)33(29,30)22-20/h3-6,15-16H,2,7-14H2,1H3/t16-/m0/s1. The summed E-state index contributed by atoms with van der Waals surface area (Å²) in [6.45, 7) is 2.59. The summed E-state index contributed by atoms with van der Waals surface area (Å²) >= 11 is 0. The first kappa shape index (κ1) is 23.7. The number of sulfone groups is 1. The van der Waals surface area contributed by atoms with Crippen LogP contribution in [0.4, 0.5) is 0 Å². The summed E-state index contributed by atoms with van der Waals surface area (Å²) in [6, 6.07) is 6.30. The van der Waals surface area contributed by atoms with E-state index >= 15 is 0 Å². The van der Waals surface area contributed by atoms with E-state index in [2.05, 4.69) is 4.40 Å². The van der Waals surface area contributed by atoms with Gasteiger partial charge in [-0.25, -0.2) is 8.42 Å². The number of nitrogens with zero attached hydrogens (tertiary/aromatic N) is 3. The van der Waals surface area contributed by atoms with Crippen LogP contribution in [0.5, 0.6) is 0 Å². The topological polar surface area (TPSA) is 130 Å². The predicted octanol–water partition coefficient (Wildman–Crippen LogP) is 0.426. The molecule has 0 saturated carbocycles. The minimum Gasteiger partial charge on any atom is -0.455 e. The van der Waals surface area contributed by atoms with Gasteiger partial charge in [-0.2, -0.15) is 8.42 Å². The van der Waals surface area contributed by atoms with E-state index in [9.17, 15) is 26.4 Å². The molecular weight excluding hydrogens is 470 g/mol. The molecule has 1 aromatic rings. The second-order valence-electron chi connectivity index (χ2n) is 8.49. The molecule has 0 unspecified atom stereocenters. The highest BCUT2D eigenvalue weighted by Gasteiger charge is 2.36. The van der Waals surface area contributed by atoms with Crippen molar-refractivity contribution in [2.45, 2.75) is 37.1 Å². The molecular formula is C21H27N3O7S2. The van der Waals surface area contributed by atoms with E-state index in [0.29, 0.717) is 50.3 Å². The molecule has 0 spiro atoms. The number of carbonyl (C=O) groups is 2. The van der Waals surface area contributed by atoms with Crippen LogP contribution in [0.25, 0.3) is 0 Å². The lowest BCUT2D eigenvalue weighted by Gasteiger charge is -2.32. The number of piperidine rings is 1. The van der Waals surface area contributed by atoms with E-state index in [1.54, 1.807) is 25.1 Å². The number of hydrogen-bond acceptors (Lipinski definition) is 8. The molecule has 12 heteroatoms. The molecule has 1 aromatic carbocycles. The van der Waals surface area contributed by atoms with Gasteiger partial charge in [0.2, 0.25) is 0 Å². The highest BCUT2D eigenvalue weighted by atomic mass is 32.2. The van der Waals surface area contributed by atoms with Crippen molar-refractivity contribution in [3.63, 3.8) is 0 Å². The molecule has 0 N–H and O–H groups in total. The Bertz CT molecular complexity index is 1190. The van der Waals surface area contributed by atoms with Crippen molar-refractivity contribution >= 4 is 37.6 Å². The number of hydrogen-bond donors (Lipinski definition) is 0. The van der Waals surface area contributed by atoms with Gasteiger partial charge in [-0.1, -0.05) is 12.1 Å². The van der Waals surface area contributed by atoms with Gasteiger partial charge in [0.15, 0.2) is 22.3 Å². The third-order valence-corrected chi connectivity index (χ3v) is 9.46. The molecule has 3 aliphatic heterocycles. The molecule has 3 heterocycles. The van der Waals surface area contributed by atoms with Crippen molar-refractivity contribution in [2.24, 2.45) is 10.3 Å². The maximum atomic E-state index is 12.5. The van der Waals surface area contributed by atoms with Crippen LogP contribution >= 0.6 is 0 Å². The van der Waals surface area contributed by atoms with Gasteiger partial charge in [0.05, 0.1) is 17.4 Å². The van der Waals surface area contributed by atoms with Gasteiger partial charge in [0, 0.05) is 31.2 Å². The molecule has 0 aromatic heterocycles. The molecule has 4 rings (SSSR count). The van der Waals surface area contributed by atoms with Crippen molar-refractivity contribution in [3.05, 3.63) is 29.8 Å². The maximum absolute atomic E-state index is 12.5. The molecule has 0 aliphatic carbocycles. The Hall–Kier alpha value is -2.47. The van der Waals surface area contributed by atoms with Crippen LogP contribution in [0.15, 0.2) is 33.6 Å². The van der Waals surface area contributed by atoms with E-state index in [1.165, 1.54) is 11.0 Å². The number of sulfonamides is 1. The fourth-order valence-corrected chi connectivity index (χ4v) is 7.59. The van der Waals surface area contributed by atoms with Crippen molar-refractivity contribution < 1.29 is 31.2 Å². The quantitative estimate of drug-likeness (QED) is 0.535. The van der Waals surface area contributed by atoms with E-state index in [1.807, 2.05) is 4.90 Å². The van der Waals surface area contributed by atoms with Crippen LogP contribution in [0, 0.1) is 5.92 Å². The average Bonchev–Trinajstić information content (AvgIpc) is 3.28. The number of likely N-dealkylation sites (N-methyl/N-ethyl adjacent to an activating group) is 1. The molecule has 3 aliphatic rings. The van der Waals surface area contributed by atoms with Crippen LogP contribution in [-0.2, 0) is 34.2 Å². The number of amidine groups is 1. The number of amides is 1. The normalized spacial score (nSPS) is 23.6. The Morgan fingerprint density at radius 1 is 1.12 bits per heavy atom. The van der Waals surface area contributed by atoms with Gasteiger partial charge < -0.3 is 14.5 Å². The Kier molecular flexibility index (Phi) is 6.50. The maximum Gasteiger partial charge on any atom is 0.309 e. The Morgan fingerprint density at radius 2 is 1.82 bits per heavy atom. The molecule has 0 radical (unpaired) electrons. The average molecular weight is 498 g/mol. The minimum absolute atomic E-state index is 0.0538. The molecule has 1 atom stereocenters. The zero-order chi connectivity index (χ0) is 23.8. The summed E-state index contributed by atoms with van der Waals surface area (Å²) in [6.07, 6.45) is 1.30. The Labute approximate surface area is 193 Å². The lowest BCUT2D eigenvalue weighted by atomic mass is 9.96. The summed E-state index contributed by atoms with van der Waals surface area (Å²) < 4.78 is 57.2. The fourth-order valence-electron chi connectivity index (χ4n) is 4.64. The number of fused-ring (bicyclic) bond motifs is 1. The van der Waals surface area contributed by atoms with Gasteiger partial charge >= 0.3 is 5.97 Å². The fraction of sp³-hybridized carbons (Fsp3) is 0.571. The largest absolute Gasteiger partial charge is 0.455 e. The highest BCUT2D eigenvalue weighted by Crippen LogP contribution is 2.30. The summed E-state index contributed by atoms with van der Waals surface area (Å²) in [5, 5.41) is 0. The highest BCUT2D eigenvalue weighted by molar-refractivity contribution is 7.91. The first-order valence-corrected chi connectivity index (χ1v) is 14.2. The summed E-state index contributed by atoms with van der Waals surface area (Å²) in [7, 11) is -6.83. The second kappa shape index (κ2) is 9.05. The number of esters is 1. The van der Waals surface area contributed by atoms with Crippen molar-refractivity contribution in [2.75, 3.05) is 37.7 Å². The van der Waals surface area contributed by atoms with Gasteiger partial charge in [-0.05, 0) is 38.3 Å². The van der Waals surface area contributed by atoms with E-state index < -0.39 is 44.3 Å². The van der Waals surface area contributed by atoms with Crippen LogP contribution < -0.4 is 0 Å². The van der Waals surface area contributed by atoms with Crippen LogP contribution in [-0.4, -0.2) is 88.1 Å². The Balaban J connectivity index is 1.30. The molecule has 2 saturated heterocycles. The van der Waals surface area contributed by atoms with Crippen LogP contribution in [0.2, 0.25) is 0 Å². The molecule has 0 bridgehead atoms. The Morgan fingerprint density at radius 3 is 2.45 bits per heavy atom. The SMILES string of the molecule is CCN(C(=O)COC(=O)C1CCN(C2=NS(=O)(=O)c3ccccc32)CC1)[C@H]1CCS(=O)(=O)C1. The van der Waals surface area contributed by atoms with E-state index in [0.717, 1.165) is 0 Å². The second-order valence-corrected chi connectivity index (χ2v) is 12.3. The smallest absolute Gasteiger partial charge is 0.309 e. The molecule has 180 valence electrons. The zero-order valence-corrected chi connectivity index (χ0v) is 20.0. The van der Waals surface area contributed by atoms with Gasteiger partial charge in [0.1, 0.15) is 4.90 Å². The molecule has 1 amide bonds. The zero-order valence-electron chi connectivity index (χ0n) is 18.3. The van der Waals surface area contributed by atoms with Crippen molar-refractivity contribution in [1.29, 1.82) is 0 Å². The van der Waals surface area contributed by atoms with Gasteiger partial charge in [-0.3, -0.25) is 9.59 Å². The number of benzene rings is 1. The first-order chi connectivity index (χ1) is 15.6. The van der Waals surface area contributed by atoms with E-state index in [4.69, 9.17) is 4.74 Å². The summed E-state index contributed by atoms with van der Waals surface area (Å²) in [5.41, 5.74) is 0.567. The van der Waals surface area contributed by atoms with Crippen LogP contribution in [0.1, 0.15) is 31.7 Å². The number of likely N-dealkylation sites (tertiary alicyclic amines) is 1. The first-order valence-electron chi connectivity index (χ1n) is 11.0. The monoisotopic (exact) mass is 497 g/mol. The number of rotatable bonds is 5. The lowest BCUT2D eigenvalue weighted by Crippen LogP contribution is -2.44. The minimum atomic E-state index is -3.70. The molecule has 10 nitrogen and oxygen atoms in total. The third kappa shape index (κ3) is 4.91.